The summed E-state index contributed by atoms with van der Waals surface area (Å²) in [5.41, 5.74) is 0. The fourth-order valence-electron chi connectivity index (χ4n) is 0.630. The van der Waals surface area contributed by atoms with Gasteiger partial charge < -0.3 is 16.0 Å². The fraction of sp³-hybridized carbons (Fsp3) is 0.800. The number of hydrogen-bond acceptors (Lipinski definition) is 3. The van der Waals surface area contributed by atoms with E-state index in [2.05, 4.69) is 0 Å². The van der Waals surface area contributed by atoms with Gasteiger partial charge >= 0.3 is 35.5 Å². The fourth-order valence-corrected chi connectivity index (χ4v) is 0.630. The van der Waals surface area contributed by atoms with E-state index in [4.69, 9.17) is 14.6 Å². The van der Waals surface area contributed by atoms with Gasteiger partial charge in [-0.2, -0.15) is 0 Å². The van der Waals surface area contributed by atoms with Gasteiger partial charge in [-0.15, -0.1) is 0 Å². The van der Waals surface area contributed by atoms with Crippen LogP contribution in [0.2, 0.25) is 0 Å². The molecular formula is C5H9NaO4. The molecule has 0 radical (unpaired) electrons. The van der Waals surface area contributed by atoms with Gasteiger partial charge in [0.25, 0.3) is 6.29 Å². The zero-order valence-electron chi connectivity index (χ0n) is 6.87. The van der Waals surface area contributed by atoms with E-state index in [9.17, 15) is 4.79 Å². The van der Waals surface area contributed by atoms with Crippen LogP contribution >= 0.6 is 0 Å². The van der Waals surface area contributed by atoms with Crippen LogP contribution in [0, 0.1) is 0 Å². The Hall–Kier alpha value is 0.390. The Kier molecular flexibility index (Phi) is 5.29. The minimum absolute atomic E-state index is 0. The summed E-state index contributed by atoms with van der Waals surface area (Å²) in [4.78, 5) is 10.1. The molecule has 1 N–H and O–H groups in total. The Morgan fingerprint density at radius 2 is 2.00 bits per heavy atom. The standard InChI is InChI=1S/C5H8O4.Na.H/c6-4(7)5-8-2-1-3-9-5;;/h5H,1-3H2,(H,6,7);;/q;+1;-1. The smallest absolute Gasteiger partial charge is 1.00 e. The van der Waals surface area contributed by atoms with E-state index in [1.807, 2.05) is 0 Å². The van der Waals surface area contributed by atoms with Crippen LogP contribution in [0.3, 0.4) is 0 Å². The second kappa shape index (κ2) is 5.09. The van der Waals surface area contributed by atoms with Gasteiger partial charge in [0.05, 0.1) is 13.2 Å². The third-order valence-electron chi connectivity index (χ3n) is 1.03. The predicted molar refractivity (Wildman–Crippen MR) is 29.1 cm³/mol. The molecule has 0 spiro atoms. The van der Waals surface area contributed by atoms with Crippen molar-refractivity contribution in [3.05, 3.63) is 0 Å². The zero-order valence-corrected chi connectivity index (χ0v) is 7.87. The Balaban J connectivity index is 0. The van der Waals surface area contributed by atoms with E-state index in [0.29, 0.717) is 13.2 Å². The molecule has 0 unspecified atom stereocenters. The average molecular weight is 156 g/mol. The molecule has 1 heterocycles. The van der Waals surface area contributed by atoms with Crippen LogP contribution in [0.15, 0.2) is 0 Å². The molecule has 4 nitrogen and oxygen atoms in total. The first-order valence-electron chi connectivity index (χ1n) is 2.77. The quantitative estimate of drug-likeness (QED) is 0.410. The first kappa shape index (κ1) is 10.4. The van der Waals surface area contributed by atoms with Crippen LogP contribution in [0.4, 0.5) is 0 Å². The van der Waals surface area contributed by atoms with Crippen molar-refractivity contribution < 1.29 is 50.4 Å². The summed E-state index contributed by atoms with van der Waals surface area (Å²) in [5, 5.41) is 8.29. The largest absolute Gasteiger partial charge is 1.00 e. The topological polar surface area (TPSA) is 55.8 Å². The van der Waals surface area contributed by atoms with Gasteiger partial charge in [-0.05, 0) is 6.42 Å². The van der Waals surface area contributed by atoms with E-state index < -0.39 is 12.3 Å². The summed E-state index contributed by atoms with van der Waals surface area (Å²) < 4.78 is 9.44. The van der Waals surface area contributed by atoms with Crippen molar-refractivity contribution in [2.24, 2.45) is 0 Å². The molecule has 0 aromatic carbocycles. The van der Waals surface area contributed by atoms with Gasteiger partial charge in [0.2, 0.25) is 0 Å². The molecule has 1 aliphatic rings. The number of carbonyl (C=O) groups is 1. The van der Waals surface area contributed by atoms with Crippen LogP contribution in [0.1, 0.15) is 7.85 Å². The summed E-state index contributed by atoms with van der Waals surface area (Å²) >= 11 is 0. The van der Waals surface area contributed by atoms with Crippen LogP contribution in [-0.4, -0.2) is 30.6 Å². The summed E-state index contributed by atoms with van der Waals surface area (Å²) in [6.07, 6.45) is -0.247. The number of aliphatic carboxylic acids is 1. The third-order valence-corrected chi connectivity index (χ3v) is 1.03. The normalized spacial score (nSPS) is 19.6. The van der Waals surface area contributed by atoms with Crippen LogP contribution < -0.4 is 29.6 Å². The maximum atomic E-state index is 10.1. The van der Waals surface area contributed by atoms with Crippen LogP contribution in [0.5, 0.6) is 0 Å². The molecule has 1 saturated heterocycles. The molecule has 1 fully saturated rings. The molecule has 0 atom stereocenters. The van der Waals surface area contributed by atoms with E-state index in [-0.39, 0.29) is 31.0 Å². The molecule has 1 rings (SSSR count). The van der Waals surface area contributed by atoms with Gasteiger partial charge in [-0.1, -0.05) is 0 Å². The monoisotopic (exact) mass is 156 g/mol. The number of carboxylic acid groups (broad SMARTS) is 1. The molecule has 0 aliphatic carbocycles. The number of carboxylic acids is 1. The van der Waals surface area contributed by atoms with Gasteiger partial charge in [-0.25, -0.2) is 4.79 Å². The van der Waals surface area contributed by atoms with Crippen molar-refractivity contribution in [2.75, 3.05) is 13.2 Å². The van der Waals surface area contributed by atoms with Crippen molar-refractivity contribution in [1.82, 2.24) is 0 Å². The molecule has 10 heavy (non-hydrogen) atoms. The van der Waals surface area contributed by atoms with Crippen molar-refractivity contribution in [3.63, 3.8) is 0 Å². The number of ether oxygens (including phenoxy) is 2. The molecule has 0 bridgehead atoms. The maximum Gasteiger partial charge on any atom is 1.00 e. The molecule has 1 aliphatic heterocycles. The molecule has 0 aromatic rings. The number of rotatable bonds is 1. The molecule has 54 valence electrons. The van der Waals surface area contributed by atoms with Crippen LogP contribution in [0.25, 0.3) is 0 Å². The summed E-state index contributed by atoms with van der Waals surface area (Å²) in [6, 6.07) is 0. The van der Waals surface area contributed by atoms with E-state index in [1.165, 1.54) is 0 Å². The van der Waals surface area contributed by atoms with Crippen molar-refractivity contribution in [2.45, 2.75) is 12.7 Å². The SMILES string of the molecule is O=C(O)C1OCCCO1.[H-].[Na+]. The zero-order chi connectivity index (χ0) is 6.69. The summed E-state index contributed by atoms with van der Waals surface area (Å²) in [6.45, 7) is 0.966. The molecule has 0 aromatic heterocycles. The minimum atomic E-state index is -1.05. The van der Waals surface area contributed by atoms with Gasteiger partial charge in [0, 0.05) is 0 Å². The Morgan fingerprint density at radius 1 is 1.50 bits per heavy atom. The van der Waals surface area contributed by atoms with Crippen molar-refractivity contribution in [3.8, 4) is 0 Å². The summed E-state index contributed by atoms with van der Waals surface area (Å²) in [7, 11) is 0. The second-order valence-corrected chi connectivity index (χ2v) is 1.77. The molecule has 5 heteroatoms. The van der Waals surface area contributed by atoms with E-state index in [0.717, 1.165) is 6.42 Å². The Bertz CT molecular complexity index is 115. The van der Waals surface area contributed by atoms with Crippen LogP contribution in [-0.2, 0) is 14.3 Å². The van der Waals surface area contributed by atoms with Crippen molar-refractivity contribution in [1.29, 1.82) is 0 Å². The Morgan fingerprint density at radius 3 is 2.30 bits per heavy atom. The summed E-state index contributed by atoms with van der Waals surface area (Å²) in [5.74, 6) is -1.05. The van der Waals surface area contributed by atoms with E-state index in [1.54, 1.807) is 0 Å². The van der Waals surface area contributed by atoms with E-state index >= 15 is 0 Å². The average Bonchev–Trinajstić information content (AvgIpc) is 1.90. The molecule has 0 amide bonds. The minimum Gasteiger partial charge on any atom is -1.00 e. The first-order valence-corrected chi connectivity index (χ1v) is 2.77. The second-order valence-electron chi connectivity index (χ2n) is 1.77. The van der Waals surface area contributed by atoms with Gasteiger partial charge in [-0.3, -0.25) is 0 Å². The molecular weight excluding hydrogens is 147 g/mol. The Labute approximate surface area is 82.3 Å². The van der Waals surface area contributed by atoms with Gasteiger partial charge in [0.15, 0.2) is 0 Å². The van der Waals surface area contributed by atoms with Gasteiger partial charge in [0.1, 0.15) is 0 Å². The first-order chi connectivity index (χ1) is 4.30. The third kappa shape index (κ3) is 2.98. The number of hydrogen-bond donors (Lipinski definition) is 1. The van der Waals surface area contributed by atoms with Crippen molar-refractivity contribution >= 4 is 5.97 Å². The predicted octanol–water partition coefficient (Wildman–Crippen LogP) is -3.05. The molecule has 0 saturated carbocycles. The maximum absolute atomic E-state index is 10.1.